The monoisotopic (exact) mass is 438 g/mol. The summed E-state index contributed by atoms with van der Waals surface area (Å²) in [7, 11) is 3.55. The number of H-pyrrole nitrogens is 1. The number of nitriles is 1. The second-order valence-electron chi connectivity index (χ2n) is 8.05. The molecule has 11 heteroatoms. The Morgan fingerprint density at radius 3 is 2.87 bits per heavy atom. The minimum atomic E-state index is -0.145. The molecular weight excluding hydrogens is 416 g/mol. The molecule has 5 rings (SSSR count). The lowest BCUT2D eigenvalue weighted by Gasteiger charge is -2.29. The lowest BCUT2D eigenvalue weighted by atomic mass is 10.0. The lowest BCUT2D eigenvalue weighted by Crippen LogP contribution is -2.36. The molecule has 1 saturated carbocycles. The van der Waals surface area contributed by atoms with Crippen molar-refractivity contribution in [1.82, 2.24) is 24.2 Å². The van der Waals surface area contributed by atoms with Crippen LogP contribution < -0.4 is 15.0 Å². The van der Waals surface area contributed by atoms with Gasteiger partial charge in [-0.1, -0.05) is 0 Å². The first-order chi connectivity index (χ1) is 15.1. The normalized spacial score (nSPS) is 22.4. The minimum Gasteiger partial charge on any atom is -0.466 e. The van der Waals surface area contributed by atoms with Crippen molar-refractivity contribution in [3.05, 3.63) is 24.0 Å². The van der Waals surface area contributed by atoms with Crippen molar-refractivity contribution >= 4 is 39.4 Å². The molecule has 2 fully saturated rings. The van der Waals surface area contributed by atoms with E-state index < -0.39 is 0 Å². The second kappa shape index (κ2) is 7.70. The van der Waals surface area contributed by atoms with Crippen molar-refractivity contribution in [2.24, 2.45) is 11.8 Å². The number of pyridine rings is 1. The van der Waals surface area contributed by atoms with Gasteiger partial charge >= 0.3 is 12.0 Å². The average Bonchev–Trinajstić information content (AvgIpc) is 3.54. The number of ether oxygens (including phenoxy) is 1. The van der Waals surface area contributed by atoms with E-state index in [0.717, 1.165) is 54.2 Å². The Hall–Kier alpha value is -3.39. The summed E-state index contributed by atoms with van der Waals surface area (Å²) in [5.74, 6) is 0.882. The molecule has 31 heavy (non-hydrogen) atoms. The number of fused-ring (bicyclic) bond motifs is 2. The van der Waals surface area contributed by atoms with Gasteiger partial charge < -0.3 is 19.5 Å². The third kappa shape index (κ3) is 3.42. The van der Waals surface area contributed by atoms with Crippen LogP contribution in [0.15, 0.2) is 18.5 Å². The molecule has 160 valence electrons. The number of rotatable bonds is 4. The summed E-state index contributed by atoms with van der Waals surface area (Å²) in [4.78, 5) is 28.3. The van der Waals surface area contributed by atoms with Gasteiger partial charge in [-0.15, -0.1) is 4.37 Å². The Morgan fingerprint density at radius 2 is 2.19 bits per heavy atom. The fraction of sp³-hybridized carbons (Fsp3) is 0.450. The van der Waals surface area contributed by atoms with Gasteiger partial charge in [0.15, 0.2) is 0 Å². The van der Waals surface area contributed by atoms with Gasteiger partial charge in [-0.25, -0.2) is 9.78 Å². The summed E-state index contributed by atoms with van der Waals surface area (Å²) in [6, 6.07) is 4.69. The Labute approximate surface area is 183 Å². The number of carbonyl (C=O) groups excluding carboxylic acids is 1. The Morgan fingerprint density at radius 1 is 1.42 bits per heavy atom. The molecule has 3 aromatic heterocycles. The molecule has 1 saturated heterocycles. The molecule has 0 unspecified atom stereocenters. The molecule has 0 spiro atoms. The molecule has 1 aliphatic heterocycles. The third-order valence-electron chi connectivity index (χ3n) is 6.40. The van der Waals surface area contributed by atoms with Crippen molar-refractivity contribution in [2.45, 2.75) is 18.9 Å². The largest absolute Gasteiger partial charge is 0.466 e. The first-order valence-electron chi connectivity index (χ1n) is 10.1. The SMILES string of the molecule is COc1nsc(NC(=O)N2C[C@H]3C[C@H](N(C)c4c(C#N)cnc5[nH]ccc45)C[C@H]3C2)n1. The van der Waals surface area contributed by atoms with Crippen LogP contribution in [0.1, 0.15) is 18.4 Å². The van der Waals surface area contributed by atoms with Crippen molar-refractivity contribution < 1.29 is 9.53 Å². The van der Waals surface area contributed by atoms with Crippen LogP contribution in [0.5, 0.6) is 6.01 Å². The summed E-state index contributed by atoms with van der Waals surface area (Å²) >= 11 is 1.10. The number of carbonyl (C=O) groups is 1. The number of nitrogens with one attached hydrogen (secondary N) is 2. The van der Waals surface area contributed by atoms with Gasteiger partial charge in [0, 0.05) is 55.5 Å². The van der Waals surface area contributed by atoms with Crippen LogP contribution in [0, 0.1) is 23.2 Å². The predicted octanol–water partition coefficient (Wildman–Crippen LogP) is 2.67. The first-order valence-corrected chi connectivity index (χ1v) is 10.9. The molecular formula is C20H22N8O2S. The van der Waals surface area contributed by atoms with E-state index in [1.54, 1.807) is 6.20 Å². The number of aromatic nitrogens is 4. The lowest BCUT2D eigenvalue weighted by molar-refractivity contribution is 0.218. The highest BCUT2D eigenvalue weighted by atomic mass is 32.1. The van der Waals surface area contributed by atoms with E-state index in [9.17, 15) is 10.1 Å². The average molecular weight is 439 g/mol. The van der Waals surface area contributed by atoms with Gasteiger partial charge in [0.05, 0.1) is 18.4 Å². The number of hydrogen-bond donors (Lipinski definition) is 2. The van der Waals surface area contributed by atoms with Gasteiger partial charge in [-0.3, -0.25) is 5.32 Å². The van der Waals surface area contributed by atoms with Crippen molar-refractivity contribution in [1.29, 1.82) is 5.26 Å². The Bertz CT molecular complexity index is 1150. The van der Waals surface area contributed by atoms with Crippen LogP contribution in [-0.4, -0.2) is 63.5 Å². The molecule has 1 aliphatic carbocycles. The number of amides is 2. The quantitative estimate of drug-likeness (QED) is 0.642. The van der Waals surface area contributed by atoms with Crippen LogP contribution >= 0.6 is 11.5 Å². The molecule has 0 bridgehead atoms. The summed E-state index contributed by atoms with van der Waals surface area (Å²) in [5, 5.41) is 13.8. The molecule has 0 radical (unpaired) electrons. The predicted molar refractivity (Wildman–Crippen MR) is 116 cm³/mol. The van der Waals surface area contributed by atoms with Gasteiger partial charge in [0.2, 0.25) is 5.13 Å². The summed E-state index contributed by atoms with van der Waals surface area (Å²) in [6.07, 6.45) is 5.45. The van der Waals surface area contributed by atoms with E-state index in [1.165, 1.54) is 7.11 Å². The standard InChI is InChI=1S/C20H22N8O2S/c1-27(16-13(7-21)8-23-17-15(16)3-4-22-17)14-5-11-9-28(10-12(11)6-14)20(29)25-19-24-18(30-2)26-31-19/h3-4,8,11-12,14H,5-6,9-10H2,1-2H3,(H,22,23)(H,24,25,26,29)/t11-,12+,14+. The third-order valence-corrected chi connectivity index (χ3v) is 7.01. The van der Waals surface area contributed by atoms with Crippen molar-refractivity contribution in [3.63, 3.8) is 0 Å². The number of anilines is 2. The van der Waals surface area contributed by atoms with E-state index in [4.69, 9.17) is 4.74 Å². The molecule has 4 heterocycles. The highest BCUT2D eigenvalue weighted by molar-refractivity contribution is 7.10. The van der Waals surface area contributed by atoms with E-state index >= 15 is 0 Å². The molecule has 3 atom stereocenters. The van der Waals surface area contributed by atoms with Crippen LogP contribution in [0.3, 0.4) is 0 Å². The second-order valence-corrected chi connectivity index (χ2v) is 8.80. The van der Waals surface area contributed by atoms with Gasteiger partial charge in [0.25, 0.3) is 0 Å². The Kier molecular flexibility index (Phi) is 4.86. The smallest absolute Gasteiger partial charge is 0.329 e. The maximum atomic E-state index is 12.6. The first kappa shape index (κ1) is 19.6. The zero-order valence-electron chi connectivity index (χ0n) is 17.2. The maximum absolute atomic E-state index is 12.6. The number of urea groups is 1. The van der Waals surface area contributed by atoms with E-state index in [2.05, 4.69) is 42.7 Å². The van der Waals surface area contributed by atoms with Crippen LogP contribution in [-0.2, 0) is 0 Å². The Balaban J connectivity index is 1.26. The topological polar surface area (TPSA) is 123 Å². The number of aromatic amines is 1. The van der Waals surface area contributed by atoms with E-state index in [0.29, 0.717) is 28.6 Å². The number of methoxy groups -OCH3 is 1. The van der Waals surface area contributed by atoms with Crippen molar-refractivity contribution in [3.8, 4) is 12.1 Å². The number of likely N-dealkylation sites (tertiary alicyclic amines) is 1. The highest BCUT2D eigenvalue weighted by Crippen LogP contribution is 2.42. The fourth-order valence-corrected chi connectivity index (χ4v) is 5.43. The molecule has 2 aliphatic rings. The summed E-state index contributed by atoms with van der Waals surface area (Å²) < 4.78 is 8.97. The van der Waals surface area contributed by atoms with E-state index in [1.807, 2.05) is 17.2 Å². The van der Waals surface area contributed by atoms with Crippen LogP contribution in [0.4, 0.5) is 15.6 Å². The minimum absolute atomic E-state index is 0.145. The van der Waals surface area contributed by atoms with Crippen LogP contribution in [0.2, 0.25) is 0 Å². The van der Waals surface area contributed by atoms with E-state index in [-0.39, 0.29) is 12.0 Å². The molecule has 0 aromatic carbocycles. The zero-order chi connectivity index (χ0) is 21.5. The summed E-state index contributed by atoms with van der Waals surface area (Å²) in [5.41, 5.74) is 2.30. The molecule has 2 amide bonds. The summed E-state index contributed by atoms with van der Waals surface area (Å²) in [6.45, 7) is 1.44. The maximum Gasteiger partial charge on any atom is 0.329 e. The van der Waals surface area contributed by atoms with Gasteiger partial charge in [-0.2, -0.15) is 10.2 Å². The highest BCUT2D eigenvalue weighted by Gasteiger charge is 2.44. The van der Waals surface area contributed by atoms with Crippen LogP contribution in [0.25, 0.3) is 11.0 Å². The zero-order valence-corrected chi connectivity index (χ0v) is 18.0. The number of nitrogens with zero attached hydrogens (tertiary/aromatic N) is 6. The molecule has 2 N–H and O–H groups in total. The van der Waals surface area contributed by atoms with Crippen molar-refractivity contribution in [2.75, 3.05) is 37.5 Å². The van der Waals surface area contributed by atoms with Gasteiger partial charge in [0.1, 0.15) is 11.7 Å². The molecule has 10 nitrogen and oxygen atoms in total. The van der Waals surface area contributed by atoms with Gasteiger partial charge in [-0.05, 0) is 30.7 Å². The fourth-order valence-electron chi connectivity index (χ4n) is 4.90. The number of hydrogen-bond acceptors (Lipinski definition) is 8. The molecule has 3 aromatic rings.